The highest BCUT2D eigenvalue weighted by atomic mass is 16.1. The molecule has 0 N–H and O–H groups in total. The van der Waals surface area contributed by atoms with Gasteiger partial charge in [0.25, 0.3) is 0 Å². The molecule has 0 bridgehead atoms. The topological polar surface area (TPSA) is 30.0 Å². The predicted octanol–water partition coefficient (Wildman–Crippen LogP) is 4.26. The maximum atomic E-state index is 12.3. The van der Waals surface area contributed by atoms with Crippen molar-refractivity contribution in [3.8, 4) is 0 Å². The van der Waals surface area contributed by atoms with Gasteiger partial charge in [0, 0.05) is 29.5 Å². The molecule has 2 nitrogen and oxygen atoms in total. The van der Waals surface area contributed by atoms with E-state index in [0.717, 1.165) is 22.0 Å². The van der Waals surface area contributed by atoms with E-state index in [1.807, 2.05) is 18.2 Å². The molecular weight excluding hydrogens is 258 g/mol. The van der Waals surface area contributed by atoms with Crippen LogP contribution in [0.25, 0.3) is 10.9 Å². The summed E-state index contributed by atoms with van der Waals surface area (Å²) in [6.45, 7) is 2.08. The Morgan fingerprint density at radius 3 is 2.62 bits per heavy atom. The first-order valence-electron chi connectivity index (χ1n) is 7.21. The lowest BCUT2D eigenvalue weighted by atomic mass is 9.90. The monoisotopic (exact) mass is 273 g/mol. The number of ketones is 1. The summed E-state index contributed by atoms with van der Waals surface area (Å²) in [5, 5.41) is 1.10. The number of nitrogens with zero attached hydrogens (tertiary/aromatic N) is 1. The molecule has 21 heavy (non-hydrogen) atoms. The summed E-state index contributed by atoms with van der Waals surface area (Å²) in [4.78, 5) is 16.7. The summed E-state index contributed by atoms with van der Waals surface area (Å²) < 4.78 is 0. The average Bonchev–Trinajstić information content (AvgIpc) is 2.86. The molecule has 1 aliphatic carbocycles. The van der Waals surface area contributed by atoms with Crippen LogP contribution in [0.15, 0.2) is 54.7 Å². The van der Waals surface area contributed by atoms with Crippen LogP contribution >= 0.6 is 0 Å². The van der Waals surface area contributed by atoms with E-state index in [0.29, 0.717) is 6.42 Å². The Bertz CT molecular complexity index is 849. The van der Waals surface area contributed by atoms with Crippen LogP contribution < -0.4 is 0 Å². The summed E-state index contributed by atoms with van der Waals surface area (Å²) >= 11 is 0. The lowest BCUT2D eigenvalue weighted by Gasteiger charge is -2.13. The first kappa shape index (κ1) is 12.3. The molecule has 1 heterocycles. The molecule has 0 fully saturated rings. The van der Waals surface area contributed by atoms with Crippen molar-refractivity contribution in [2.24, 2.45) is 0 Å². The van der Waals surface area contributed by atoms with E-state index < -0.39 is 0 Å². The molecule has 0 radical (unpaired) electrons. The Kier molecular flexibility index (Phi) is 2.64. The fraction of sp³-hybridized carbons (Fsp3) is 0.158. The Morgan fingerprint density at radius 1 is 1.05 bits per heavy atom. The molecule has 1 aliphatic rings. The van der Waals surface area contributed by atoms with E-state index >= 15 is 0 Å². The SMILES string of the molecule is Cc1ccc(C2CC(=O)c3cnc4ccccc4c32)cc1. The number of carbonyl (C=O) groups is 1. The molecule has 3 aromatic rings. The zero-order chi connectivity index (χ0) is 14.4. The largest absolute Gasteiger partial charge is 0.294 e. The van der Waals surface area contributed by atoms with E-state index in [1.54, 1.807) is 6.20 Å². The minimum Gasteiger partial charge on any atom is -0.294 e. The molecule has 1 atom stereocenters. The zero-order valence-electron chi connectivity index (χ0n) is 11.8. The first-order chi connectivity index (χ1) is 10.2. The van der Waals surface area contributed by atoms with Crippen LogP contribution in [0.1, 0.15) is 39.4 Å². The number of carbonyl (C=O) groups excluding carboxylic acids is 1. The van der Waals surface area contributed by atoms with E-state index in [1.165, 1.54) is 11.1 Å². The second-order valence-corrected chi connectivity index (χ2v) is 5.69. The van der Waals surface area contributed by atoms with E-state index in [2.05, 4.69) is 42.2 Å². The van der Waals surface area contributed by atoms with Crippen LogP contribution in [0.5, 0.6) is 0 Å². The molecule has 0 saturated heterocycles. The Balaban J connectivity index is 1.97. The van der Waals surface area contributed by atoms with Gasteiger partial charge < -0.3 is 0 Å². The third kappa shape index (κ3) is 1.87. The van der Waals surface area contributed by atoms with Crippen molar-refractivity contribution in [2.45, 2.75) is 19.3 Å². The fourth-order valence-corrected chi connectivity index (χ4v) is 3.24. The number of pyridine rings is 1. The van der Waals surface area contributed by atoms with Gasteiger partial charge >= 0.3 is 0 Å². The second kappa shape index (κ2) is 4.52. The summed E-state index contributed by atoms with van der Waals surface area (Å²) in [7, 11) is 0. The van der Waals surface area contributed by atoms with Gasteiger partial charge in [0.1, 0.15) is 0 Å². The lowest BCUT2D eigenvalue weighted by molar-refractivity contribution is 0.0991. The van der Waals surface area contributed by atoms with Crippen molar-refractivity contribution in [3.63, 3.8) is 0 Å². The molecule has 102 valence electrons. The minimum atomic E-state index is 0.154. The molecular formula is C19H15NO. The predicted molar refractivity (Wildman–Crippen MR) is 83.7 cm³/mol. The smallest absolute Gasteiger partial charge is 0.165 e. The highest BCUT2D eigenvalue weighted by molar-refractivity contribution is 6.06. The Morgan fingerprint density at radius 2 is 1.81 bits per heavy atom. The van der Waals surface area contributed by atoms with Crippen LogP contribution in [-0.4, -0.2) is 10.8 Å². The van der Waals surface area contributed by atoms with Crippen molar-refractivity contribution in [3.05, 3.63) is 77.0 Å². The average molecular weight is 273 g/mol. The maximum absolute atomic E-state index is 12.3. The van der Waals surface area contributed by atoms with E-state index in [9.17, 15) is 4.79 Å². The normalized spacial score (nSPS) is 17.2. The quantitative estimate of drug-likeness (QED) is 0.663. The van der Waals surface area contributed by atoms with Crippen LogP contribution in [0.2, 0.25) is 0 Å². The van der Waals surface area contributed by atoms with Crippen molar-refractivity contribution in [1.29, 1.82) is 0 Å². The van der Waals surface area contributed by atoms with Crippen LogP contribution in [0, 0.1) is 6.92 Å². The highest BCUT2D eigenvalue weighted by Crippen LogP contribution is 2.41. The highest BCUT2D eigenvalue weighted by Gasteiger charge is 2.32. The number of Topliss-reactive ketones (excluding diaryl/α,β-unsaturated/α-hetero) is 1. The van der Waals surface area contributed by atoms with Gasteiger partial charge in [0.2, 0.25) is 0 Å². The van der Waals surface area contributed by atoms with Crippen molar-refractivity contribution < 1.29 is 4.79 Å². The number of hydrogen-bond donors (Lipinski definition) is 0. The molecule has 0 spiro atoms. The Hall–Kier alpha value is -2.48. The Labute approximate surface area is 123 Å². The van der Waals surface area contributed by atoms with Gasteiger partial charge in [-0.05, 0) is 24.1 Å². The molecule has 2 heteroatoms. The van der Waals surface area contributed by atoms with Crippen molar-refractivity contribution >= 4 is 16.7 Å². The fourth-order valence-electron chi connectivity index (χ4n) is 3.24. The number of aromatic nitrogens is 1. The van der Waals surface area contributed by atoms with Gasteiger partial charge in [-0.3, -0.25) is 9.78 Å². The molecule has 1 unspecified atom stereocenters. The summed E-state index contributed by atoms with van der Waals surface area (Å²) in [6.07, 6.45) is 2.29. The van der Waals surface area contributed by atoms with Gasteiger partial charge in [-0.25, -0.2) is 0 Å². The minimum absolute atomic E-state index is 0.154. The lowest BCUT2D eigenvalue weighted by Crippen LogP contribution is -1.98. The van der Waals surface area contributed by atoms with E-state index in [-0.39, 0.29) is 11.7 Å². The van der Waals surface area contributed by atoms with Gasteiger partial charge in [-0.2, -0.15) is 0 Å². The molecule has 0 saturated carbocycles. The molecule has 1 aromatic heterocycles. The summed E-state index contributed by atoms with van der Waals surface area (Å²) in [5.41, 5.74) is 5.35. The van der Waals surface area contributed by atoms with Crippen LogP contribution in [-0.2, 0) is 0 Å². The van der Waals surface area contributed by atoms with Crippen molar-refractivity contribution in [1.82, 2.24) is 4.98 Å². The number of para-hydroxylation sites is 1. The third-order valence-electron chi connectivity index (χ3n) is 4.34. The van der Waals surface area contributed by atoms with Gasteiger partial charge in [0.15, 0.2) is 5.78 Å². The van der Waals surface area contributed by atoms with Gasteiger partial charge in [-0.15, -0.1) is 0 Å². The number of aryl methyl sites for hydroxylation is 1. The second-order valence-electron chi connectivity index (χ2n) is 5.69. The number of rotatable bonds is 1. The summed E-state index contributed by atoms with van der Waals surface area (Å²) in [6, 6.07) is 16.6. The third-order valence-corrected chi connectivity index (χ3v) is 4.34. The number of hydrogen-bond acceptors (Lipinski definition) is 2. The molecule has 0 aliphatic heterocycles. The summed E-state index contributed by atoms with van der Waals surface area (Å²) in [5.74, 6) is 0.356. The van der Waals surface area contributed by atoms with Crippen molar-refractivity contribution in [2.75, 3.05) is 0 Å². The van der Waals surface area contributed by atoms with Gasteiger partial charge in [-0.1, -0.05) is 48.0 Å². The number of benzene rings is 2. The number of fused-ring (bicyclic) bond motifs is 3. The van der Waals surface area contributed by atoms with Crippen LogP contribution in [0.3, 0.4) is 0 Å². The molecule has 4 rings (SSSR count). The zero-order valence-corrected chi connectivity index (χ0v) is 11.8. The van der Waals surface area contributed by atoms with Gasteiger partial charge in [0.05, 0.1) is 5.52 Å². The first-order valence-corrected chi connectivity index (χ1v) is 7.21. The van der Waals surface area contributed by atoms with Crippen LogP contribution in [0.4, 0.5) is 0 Å². The molecule has 2 aromatic carbocycles. The van der Waals surface area contributed by atoms with E-state index in [4.69, 9.17) is 0 Å². The standard InChI is InChI=1S/C19H15NO/c1-12-6-8-13(9-7-12)15-10-18(21)16-11-20-17-5-3-2-4-14(17)19(15)16/h2-9,11,15H,10H2,1H3. The molecule has 0 amide bonds. The maximum Gasteiger partial charge on any atom is 0.165 e.